The second kappa shape index (κ2) is 5.40. The number of nitrogens with one attached hydrogen (secondary N) is 1. The van der Waals surface area contributed by atoms with E-state index in [0.717, 1.165) is 12.8 Å². The van der Waals surface area contributed by atoms with Crippen LogP contribution in [0.5, 0.6) is 0 Å². The summed E-state index contributed by atoms with van der Waals surface area (Å²) in [5.41, 5.74) is 0.672. The summed E-state index contributed by atoms with van der Waals surface area (Å²) in [5, 5.41) is 3.97. The van der Waals surface area contributed by atoms with Crippen LogP contribution >= 0.6 is 0 Å². The van der Waals surface area contributed by atoms with Crippen LogP contribution in [0, 0.1) is 12.8 Å². The van der Waals surface area contributed by atoms with Gasteiger partial charge in [0.1, 0.15) is 4.90 Å². The number of aryl methyl sites for hydroxylation is 1. The Hall–Kier alpha value is -0.880. The lowest BCUT2D eigenvalue weighted by Crippen LogP contribution is -2.30. The average Bonchev–Trinajstić information content (AvgIpc) is 2.70. The van der Waals surface area contributed by atoms with E-state index < -0.39 is 10.0 Å². The molecule has 0 unspecified atom stereocenters. The van der Waals surface area contributed by atoms with Crippen molar-refractivity contribution in [2.45, 2.75) is 43.9 Å². The van der Waals surface area contributed by atoms with Crippen molar-refractivity contribution < 1.29 is 8.42 Å². The summed E-state index contributed by atoms with van der Waals surface area (Å²) in [6, 6.07) is 0. The molecule has 1 N–H and O–H groups in total. The van der Waals surface area contributed by atoms with E-state index in [1.165, 1.54) is 25.5 Å². The quantitative estimate of drug-likeness (QED) is 0.904. The topological polar surface area (TPSA) is 64.0 Å². The van der Waals surface area contributed by atoms with Crippen molar-refractivity contribution in [3.8, 4) is 0 Å². The maximum atomic E-state index is 12.1. The zero-order chi connectivity index (χ0) is 13.2. The van der Waals surface area contributed by atoms with E-state index in [0.29, 0.717) is 23.1 Å². The molecule has 0 amide bonds. The van der Waals surface area contributed by atoms with Gasteiger partial charge in [-0.15, -0.1) is 0 Å². The van der Waals surface area contributed by atoms with Gasteiger partial charge in [-0.1, -0.05) is 19.3 Å². The summed E-state index contributed by atoms with van der Waals surface area (Å²) < 4.78 is 28.6. The Labute approximate surface area is 109 Å². The van der Waals surface area contributed by atoms with E-state index in [4.69, 9.17) is 0 Å². The van der Waals surface area contributed by atoms with Gasteiger partial charge in [0.05, 0.1) is 11.9 Å². The standard InChI is InChI=1S/C12H21N3O2S/c1-10-12(9-13-15(10)2)18(16,17)14-8-11-6-4-3-5-7-11/h9,11,14H,3-8H2,1-2H3. The first-order valence-corrected chi connectivity index (χ1v) is 7.97. The lowest BCUT2D eigenvalue weighted by Gasteiger charge is -2.21. The highest BCUT2D eigenvalue weighted by molar-refractivity contribution is 7.89. The summed E-state index contributed by atoms with van der Waals surface area (Å²) in [6.07, 6.45) is 7.41. The maximum absolute atomic E-state index is 12.1. The molecule has 102 valence electrons. The number of aromatic nitrogens is 2. The van der Waals surface area contributed by atoms with Crippen LogP contribution in [0.1, 0.15) is 37.8 Å². The molecule has 6 heteroatoms. The Morgan fingerprint density at radius 1 is 1.39 bits per heavy atom. The fourth-order valence-electron chi connectivity index (χ4n) is 2.44. The van der Waals surface area contributed by atoms with Crippen molar-refractivity contribution in [3.63, 3.8) is 0 Å². The Morgan fingerprint density at radius 2 is 2.06 bits per heavy atom. The fraction of sp³-hybridized carbons (Fsp3) is 0.750. The highest BCUT2D eigenvalue weighted by Gasteiger charge is 2.22. The molecule has 0 aromatic carbocycles. The molecular weight excluding hydrogens is 250 g/mol. The van der Waals surface area contributed by atoms with E-state index in [-0.39, 0.29) is 0 Å². The molecule has 0 atom stereocenters. The maximum Gasteiger partial charge on any atom is 0.243 e. The molecule has 1 fully saturated rings. The van der Waals surface area contributed by atoms with Gasteiger partial charge in [-0.05, 0) is 25.7 Å². The number of sulfonamides is 1. The first-order valence-electron chi connectivity index (χ1n) is 6.49. The SMILES string of the molecule is Cc1c(S(=O)(=O)NCC2CCCCC2)cnn1C. The van der Waals surface area contributed by atoms with Gasteiger partial charge in [-0.25, -0.2) is 13.1 Å². The van der Waals surface area contributed by atoms with E-state index in [2.05, 4.69) is 9.82 Å². The van der Waals surface area contributed by atoms with Crippen LogP contribution in [0.4, 0.5) is 0 Å². The van der Waals surface area contributed by atoms with E-state index in [1.54, 1.807) is 18.7 Å². The Kier molecular flexibility index (Phi) is 4.07. The minimum absolute atomic E-state index is 0.292. The number of nitrogens with zero attached hydrogens (tertiary/aromatic N) is 2. The molecule has 2 rings (SSSR count). The molecule has 1 saturated carbocycles. The molecule has 0 radical (unpaired) electrons. The molecule has 1 heterocycles. The molecular formula is C12H21N3O2S. The van der Waals surface area contributed by atoms with Crippen molar-refractivity contribution >= 4 is 10.0 Å². The minimum atomic E-state index is -3.40. The average molecular weight is 271 g/mol. The molecule has 18 heavy (non-hydrogen) atoms. The zero-order valence-corrected chi connectivity index (χ0v) is 11.8. The molecule has 1 aromatic heterocycles. The van der Waals surface area contributed by atoms with E-state index in [9.17, 15) is 8.42 Å². The Morgan fingerprint density at radius 3 is 2.61 bits per heavy atom. The fourth-order valence-corrected chi connectivity index (χ4v) is 3.76. The molecule has 1 aromatic rings. The highest BCUT2D eigenvalue weighted by atomic mass is 32.2. The lowest BCUT2D eigenvalue weighted by molar-refractivity contribution is 0.357. The molecule has 0 spiro atoms. The molecule has 1 aliphatic rings. The Bertz CT molecular complexity index is 501. The first-order chi connectivity index (χ1) is 8.50. The van der Waals surface area contributed by atoms with Crippen molar-refractivity contribution in [3.05, 3.63) is 11.9 Å². The monoisotopic (exact) mass is 271 g/mol. The van der Waals surface area contributed by atoms with Gasteiger partial charge in [0.2, 0.25) is 10.0 Å². The summed E-state index contributed by atoms with van der Waals surface area (Å²) in [5.74, 6) is 0.491. The third-order valence-corrected chi connectivity index (χ3v) is 5.29. The van der Waals surface area contributed by atoms with Gasteiger partial charge >= 0.3 is 0 Å². The molecule has 0 aliphatic heterocycles. The second-order valence-corrected chi connectivity index (χ2v) is 6.81. The van der Waals surface area contributed by atoms with Crippen molar-refractivity contribution in [2.24, 2.45) is 13.0 Å². The van der Waals surface area contributed by atoms with Crippen molar-refractivity contribution in [1.29, 1.82) is 0 Å². The smallest absolute Gasteiger partial charge is 0.243 e. The van der Waals surface area contributed by atoms with Gasteiger partial charge in [-0.2, -0.15) is 5.10 Å². The normalized spacial score (nSPS) is 18.1. The zero-order valence-electron chi connectivity index (χ0n) is 11.0. The lowest BCUT2D eigenvalue weighted by atomic mass is 9.90. The van der Waals surface area contributed by atoms with Crippen LogP contribution in [-0.2, 0) is 17.1 Å². The van der Waals surface area contributed by atoms with E-state index >= 15 is 0 Å². The van der Waals surface area contributed by atoms with Gasteiger partial charge in [0.15, 0.2) is 0 Å². The third kappa shape index (κ3) is 2.92. The minimum Gasteiger partial charge on any atom is -0.272 e. The van der Waals surface area contributed by atoms with Gasteiger partial charge in [0.25, 0.3) is 0 Å². The molecule has 0 bridgehead atoms. The largest absolute Gasteiger partial charge is 0.272 e. The van der Waals surface area contributed by atoms with Gasteiger partial charge in [0, 0.05) is 13.6 Å². The highest BCUT2D eigenvalue weighted by Crippen LogP contribution is 2.23. The summed E-state index contributed by atoms with van der Waals surface area (Å²) in [4.78, 5) is 0.292. The van der Waals surface area contributed by atoms with Gasteiger partial charge < -0.3 is 0 Å². The number of hydrogen-bond donors (Lipinski definition) is 1. The van der Waals surface area contributed by atoms with E-state index in [1.807, 2.05) is 0 Å². The predicted molar refractivity (Wildman–Crippen MR) is 69.7 cm³/mol. The van der Waals surface area contributed by atoms with Crippen LogP contribution in [0.3, 0.4) is 0 Å². The van der Waals surface area contributed by atoms with Crippen LogP contribution in [0.15, 0.2) is 11.1 Å². The summed E-state index contributed by atoms with van der Waals surface area (Å²) in [6.45, 7) is 2.32. The third-order valence-electron chi connectivity index (χ3n) is 3.77. The number of hydrogen-bond acceptors (Lipinski definition) is 3. The van der Waals surface area contributed by atoms with Crippen molar-refractivity contribution in [1.82, 2.24) is 14.5 Å². The predicted octanol–water partition coefficient (Wildman–Crippen LogP) is 1.59. The van der Waals surface area contributed by atoms with Crippen LogP contribution in [0.2, 0.25) is 0 Å². The van der Waals surface area contributed by atoms with Crippen molar-refractivity contribution in [2.75, 3.05) is 6.54 Å². The van der Waals surface area contributed by atoms with Gasteiger partial charge in [-0.3, -0.25) is 4.68 Å². The molecule has 5 nitrogen and oxygen atoms in total. The summed E-state index contributed by atoms with van der Waals surface area (Å²) in [7, 11) is -1.66. The molecule has 1 aliphatic carbocycles. The number of rotatable bonds is 4. The summed E-state index contributed by atoms with van der Waals surface area (Å²) >= 11 is 0. The van der Waals surface area contributed by atoms with Crippen LogP contribution in [0.25, 0.3) is 0 Å². The first kappa shape index (κ1) is 13.5. The van der Waals surface area contributed by atoms with Crippen LogP contribution in [-0.4, -0.2) is 24.7 Å². The Balaban J connectivity index is 2.01. The second-order valence-electron chi connectivity index (χ2n) is 5.07. The van der Waals surface area contributed by atoms with Crippen LogP contribution < -0.4 is 4.72 Å². The molecule has 0 saturated heterocycles.